The van der Waals surface area contributed by atoms with Gasteiger partial charge in [0.15, 0.2) is 0 Å². The van der Waals surface area contributed by atoms with Gasteiger partial charge in [0.2, 0.25) is 0 Å². The first-order valence-corrected chi connectivity index (χ1v) is 4.86. The molecule has 2 heteroatoms. The average molecular weight is 188 g/mol. The monoisotopic (exact) mass is 188 g/mol. The molecule has 2 aromatic rings. The van der Waals surface area contributed by atoms with Crippen molar-refractivity contribution in [3.63, 3.8) is 0 Å². The van der Waals surface area contributed by atoms with Crippen LogP contribution in [0.3, 0.4) is 0 Å². The van der Waals surface area contributed by atoms with E-state index in [9.17, 15) is 0 Å². The van der Waals surface area contributed by atoms with Gasteiger partial charge in [-0.1, -0.05) is 24.3 Å². The lowest BCUT2D eigenvalue weighted by atomic mass is 10.1. The molecule has 2 N–H and O–H groups in total. The van der Waals surface area contributed by atoms with Crippen LogP contribution in [0.2, 0.25) is 0 Å². The molecule has 74 valence electrons. The first kappa shape index (κ1) is 9.13. The molecule has 0 saturated heterocycles. The maximum atomic E-state index is 6.09. The van der Waals surface area contributed by atoms with Gasteiger partial charge in [-0.25, -0.2) is 0 Å². The molecular weight excluding hydrogens is 172 g/mol. The van der Waals surface area contributed by atoms with Crippen LogP contribution in [0.1, 0.15) is 20.8 Å². The number of aromatic nitrogens is 1. The van der Waals surface area contributed by atoms with Crippen LogP contribution in [0.25, 0.3) is 10.8 Å². The van der Waals surface area contributed by atoms with Gasteiger partial charge in [0, 0.05) is 22.5 Å². The highest BCUT2D eigenvalue weighted by molar-refractivity contribution is 5.92. The predicted molar refractivity (Wildman–Crippen MR) is 61.3 cm³/mol. The largest absolute Gasteiger partial charge is 0.385 e. The van der Waals surface area contributed by atoms with Gasteiger partial charge in [0.25, 0.3) is 0 Å². The van der Waals surface area contributed by atoms with Crippen molar-refractivity contribution in [2.45, 2.75) is 26.3 Å². The van der Waals surface area contributed by atoms with Gasteiger partial charge >= 0.3 is 0 Å². The molecule has 0 saturated carbocycles. The Labute approximate surface area is 84.3 Å². The highest BCUT2D eigenvalue weighted by atomic mass is 15.1. The summed E-state index contributed by atoms with van der Waals surface area (Å²) in [6.07, 6.45) is 2.12. The van der Waals surface area contributed by atoms with E-state index in [1.807, 2.05) is 12.1 Å². The lowest BCUT2D eigenvalue weighted by Crippen LogP contribution is -2.22. The van der Waals surface area contributed by atoms with E-state index in [4.69, 9.17) is 5.73 Å². The molecule has 2 rings (SSSR count). The Bertz CT molecular complexity index is 461. The lowest BCUT2D eigenvalue weighted by Gasteiger charge is -2.22. The summed E-state index contributed by atoms with van der Waals surface area (Å²) in [6.45, 7) is 6.46. The van der Waals surface area contributed by atoms with Crippen LogP contribution in [0.15, 0.2) is 30.5 Å². The van der Waals surface area contributed by atoms with Gasteiger partial charge in [-0.15, -0.1) is 0 Å². The number of nitrogens with two attached hydrogens (primary N) is 1. The quantitative estimate of drug-likeness (QED) is 0.677. The van der Waals surface area contributed by atoms with Gasteiger partial charge in [0.05, 0.1) is 0 Å². The second-order valence-electron chi connectivity index (χ2n) is 4.64. The fraction of sp³-hybridized carbons (Fsp3) is 0.333. The smallest absolute Gasteiger partial charge is 0.111 e. The van der Waals surface area contributed by atoms with Crippen LogP contribution in [0.5, 0.6) is 0 Å². The maximum absolute atomic E-state index is 6.09. The Kier molecular flexibility index (Phi) is 1.81. The van der Waals surface area contributed by atoms with Crippen molar-refractivity contribution in [3.05, 3.63) is 30.5 Å². The highest BCUT2D eigenvalue weighted by Gasteiger charge is 2.16. The minimum atomic E-state index is 0.0447. The summed E-state index contributed by atoms with van der Waals surface area (Å²) in [7, 11) is 0. The van der Waals surface area contributed by atoms with Crippen molar-refractivity contribution in [1.29, 1.82) is 0 Å². The Balaban J connectivity index is 2.75. The number of nitrogen functional groups attached to an aromatic ring is 1. The van der Waals surface area contributed by atoms with Crippen LogP contribution in [0.4, 0.5) is 5.82 Å². The second-order valence-corrected chi connectivity index (χ2v) is 4.64. The number of anilines is 1. The van der Waals surface area contributed by atoms with E-state index in [2.05, 4.69) is 43.7 Å². The number of hydrogen-bond donors (Lipinski definition) is 1. The highest BCUT2D eigenvalue weighted by Crippen LogP contribution is 2.28. The van der Waals surface area contributed by atoms with Gasteiger partial charge in [-0.2, -0.15) is 0 Å². The zero-order valence-corrected chi connectivity index (χ0v) is 8.91. The molecule has 0 radical (unpaired) electrons. The maximum Gasteiger partial charge on any atom is 0.111 e. The second kappa shape index (κ2) is 2.77. The molecular formula is C12H16N2. The molecule has 0 aliphatic heterocycles. The van der Waals surface area contributed by atoms with Crippen molar-refractivity contribution in [1.82, 2.24) is 4.57 Å². The molecule has 0 fully saturated rings. The molecule has 1 heterocycles. The molecule has 0 amide bonds. The third-order valence-electron chi connectivity index (χ3n) is 2.49. The molecule has 0 aliphatic carbocycles. The standard InChI is InChI=1S/C12H16N2/c1-12(2,3)14-8-9-6-4-5-7-10(9)11(14)13/h4-8H,13H2,1-3H3. The minimum Gasteiger partial charge on any atom is -0.385 e. The summed E-state index contributed by atoms with van der Waals surface area (Å²) in [5.41, 5.74) is 6.13. The van der Waals surface area contributed by atoms with E-state index >= 15 is 0 Å². The van der Waals surface area contributed by atoms with Crippen LogP contribution in [-0.2, 0) is 5.54 Å². The molecule has 0 unspecified atom stereocenters. The number of nitrogens with zero attached hydrogens (tertiary/aromatic N) is 1. The Morgan fingerprint density at radius 2 is 1.79 bits per heavy atom. The number of rotatable bonds is 0. The van der Waals surface area contributed by atoms with Crippen molar-refractivity contribution in [3.8, 4) is 0 Å². The molecule has 0 spiro atoms. The Morgan fingerprint density at radius 1 is 1.14 bits per heavy atom. The summed E-state index contributed by atoms with van der Waals surface area (Å²) in [6, 6.07) is 8.21. The van der Waals surface area contributed by atoms with Crippen LogP contribution >= 0.6 is 0 Å². The van der Waals surface area contributed by atoms with E-state index in [0.717, 1.165) is 11.2 Å². The van der Waals surface area contributed by atoms with Crippen molar-refractivity contribution >= 4 is 16.6 Å². The third-order valence-corrected chi connectivity index (χ3v) is 2.49. The summed E-state index contributed by atoms with van der Waals surface area (Å²) in [5.74, 6) is 0.855. The SMILES string of the molecule is CC(C)(C)n1cc2ccccc2c1N. The number of benzene rings is 1. The van der Waals surface area contributed by atoms with E-state index in [1.54, 1.807) is 0 Å². The summed E-state index contributed by atoms with van der Waals surface area (Å²) >= 11 is 0. The number of fused-ring (bicyclic) bond motifs is 1. The number of hydrogen-bond acceptors (Lipinski definition) is 1. The fourth-order valence-electron chi connectivity index (χ4n) is 1.74. The molecule has 14 heavy (non-hydrogen) atoms. The summed E-state index contributed by atoms with van der Waals surface area (Å²) in [5, 5.41) is 2.35. The van der Waals surface area contributed by atoms with E-state index in [0.29, 0.717) is 0 Å². The van der Waals surface area contributed by atoms with Crippen molar-refractivity contribution < 1.29 is 0 Å². The minimum absolute atomic E-state index is 0.0447. The zero-order chi connectivity index (χ0) is 10.3. The molecule has 1 aromatic carbocycles. The lowest BCUT2D eigenvalue weighted by molar-refractivity contribution is 0.405. The molecule has 0 aliphatic rings. The summed E-state index contributed by atoms with van der Waals surface area (Å²) in [4.78, 5) is 0. The first-order chi connectivity index (χ1) is 6.50. The summed E-state index contributed by atoms with van der Waals surface area (Å²) < 4.78 is 2.12. The molecule has 0 atom stereocenters. The van der Waals surface area contributed by atoms with Crippen LogP contribution in [0, 0.1) is 0 Å². The van der Waals surface area contributed by atoms with Crippen LogP contribution in [-0.4, -0.2) is 4.57 Å². The fourth-order valence-corrected chi connectivity index (χ4v) is 1.74. The van der Waals surface area contributed by atoms with E-state index < -0.39 is 0 Å². The molecule has 2 nitrogen and oxygen atoms in total. The molecule has 1 aromatic heterocycles. The van der Waals surface area contributed by atoms with Crippen molar-refractivity contribution in [2.24, 2.45) is 0 Å². The first-order valence-electron chi connectivity index (χ1n) is 4.86. The van der Waals surface area contributed by atoms with Crippen LogP contribution < -0.4 is 5.73 Å². The topological polar surface area (TPSA) is 30.9 Å². The van der Waals surface area contributed by atoms with Gasteiger partial charge in [-0.05, 0) is 20.8 Å². The Hall–Kier alpha value is -1.44. The van der Waals surface area contributed by atoms with E-state index in [1.165, 1.54) is 5.39 Å². The van der Waals surface area contributed by atoms with Gasteiger partial charge < -0.3 is 10.3 Å². The predicted octanol–water partition coefficient (Wildman–Crippen LogP) is 2.98. The van der Waals surface area contributed by atoms with Gasteiger partial charge in [0.1, 0.15) is 5.82 Å². The zero-order valence-electron chi connectivity index (χ0n) is 8.91. The molecule has 0 bridgehead atoms. The van der Waals surface area contributed by atoms with Gasteiger partial charge in [-0.3, -0.25) is 0 Å². The Morgan fingerprint density at radius 3 is 2.36 bits per heavy atom. The van der Waals surface area contributed by atoms with Crippen molar-refractivity contribution in [2.75, 3.05) is 5.73 Å². The van der Waals surface area contributed by atoms with E-state index in [-0.39, 0.29) is 5.54 Å². The third kappa shape index (κ3) is 1.27. The normalized spacial score (nSPS) is 12.2. The average Bonchev–Trinajstić information content (AvgIpc) is 2.44.